The summed E-state index contributed by atoms with van der Waals surface area (Å²) in [5, 5.41) is 3.34. The van der Waals surface area contributed by atoms with Crippen LogP contribution in [0, 0.1) is 0 Å². The maximum atomic E-state index is 12.5. The number of benzene rings is 2. The lowest BCUT2D eigenvalue weighted by molar-refractivity contribution is -0.0503. The number of nitrogens with zero attached hydrogens (tertiary/aromatic N) is 3. The van der Waals surface area contributed by atoms with Gasteiger partial charge in [0.2, 0.25) is 0 Å². The Morgan fingerprint density at radius 3 is 2.69 bits per heavy atom. The van der Waals surface area contributed by atoms with E-state index in [0.717, 1.165) is 44.3 Å². The highest BCUT2D eigenvalue weighted by atomic mass is 127. The van der Waals surface area contributed by atoms with E-state index in [-0.39, 0.29) is 35.8 Å². The van der Waals surface area contributed by atoms with Crippen molar-refractivity contribution >= 4 is 29.9 Å². The van der Waals surface area contributed by atoms with Crippen LogP contribution in [0.25, 0.3) is 0 Å². The number of hydrogen-bond donors (Lipinski definition) is 1. The number of aliphatic imine (C=N–C) groups is 1. The van der Waals surface area contributed by atoms with Gasteiger partial charge < -0.3 is 19.7 Å². The number of fused-ring (bicyclic) bond motifs is 1. The zero-order chi connectivity index (χ0) is 21.6. The van der Waals surface area contributed by atoms with Crippen LogP contribution in [-0.4, -0.2) is 67.8 Å². The molecule has 4 rings (SSSR count). The molecule has 0 amide bonds. The van der Waals surface area contributed by atoms with Crippen LogP contribution in [0.4, 0.5) is 8.78 Å². The SMILES string of the molecule is CN=C(NCc1cccc(OC(F)F)c1)N1CC2OCCN(Cc3ccccc3)C2C1.I. The molecule has 1 N–H and O–H groups in total. The normalized spacial score (nSPS) is 21.2. The topological polar surface area (TPSA) is 49.3 Å². The number of rotatable bonds is 6. The maximum Gasteiger partial charge on any atom is 0.387 e. The highest BCUT2D eigenvalue weighted by molar-refractivity contribution is 14.0. The third kappa shape index (κ3) is 6.29. The van der Waals surface area contributed by atoms with Gasteiger partial charge in [-0.15, -0.1) is 24.0 Å². The molecule has 2 saturated heterocycles. The van der Waals surface area contributed by atoms with Crippen LogP contribution in [0.1, 0.15) is 11.1 Å². The van der Waals surface area contributed by atoms with Crippen molar-refractivity contribution in [3.63, 3.8) is 0 Å². The fraction of sp³-hybridized carbons (Fsp3) is 0.435. The first-order chi connectivity index (χ1) is 15.1. The van der Waals surface area contributed by atoms with Gasteiger partial charge in [-0.1, -0.05) is 42.5 Å². The predicted molar refractivity (Wildman–Crippen MR) is 131 cm³/mol. The van der Waals surface area contributed by atoms with E-state index < -0.39 is 6.61 Å². The van der Waals surface area contributed by atoms with Gasteiger partial charge in [-0.2, -0.15) is 8.78 Å². The lowest BCUT2D eigenvalue weighted by atomic mass is 10.1. The summed E-state index contributed by atoms with van der Waals surface area (Å²) in [6.45, 7) is 1.77. The summed E-state index contributed by atoms with van der Waals surface area (Å²) in [6.07, 6.45) is 0.138. The average Bonchev–Trinajstić information content (AvgIpc) is 3.20. The Hall–Kier alpha value is -1.98. The Morgan fingerprint density at radius 2 is 1.94 bits per heavy atom. The van der Waals surface area contributed by atoms with Crippen molar-refractivity contribution in [2.45, 2.75) is 31.8 Å². The molecule has 9 heteroatoms. The largest absolute Gasteiger partial charge is 0.435 e. The Morgan fingerprint density at radius 1 is 1.16 bits per heavy atom. The summed E-state index contributed by atoms with van der Waals surface area (Å²) < 4.78 is 35.5. The molecule has 2 heterocycles. The highest BCUT2D eigenvalue weighted by Crippen LogP contribution is 2.25. The van der Waals surface area contributed by atoms with Crippen molar-refractivity contribution in [3.8, 4) is 5.75 Å². The minimum Gasteiger partial charge on any atom is -0.435 e. The number of nitrogens with one attached hydrogen (secondary N) is 1. The molecule has 32 heavy (non-hydrogen) atoms. The van der Waals surface area contributed by atoms with Gasteiger partial charge in [-0.25, -0.2) is 0 Å². The van der Waals surface area contributed by atoms with Gasteiger partial charge in [0, 0.05) is 39.8 Å². The molecule has 2 atom stereocenters. The van der Waals surface area contributed by atoms with Crippen LogP contribution < -0.4 is 10.1 Å². The van der Waals surface area contributed by atoms with Gasteiger partial charge in [-0.3, -0.25) is 9.89 Å². The van der Waals surface area contributed by atoms with Crippen LogP contribution in [-0.2, 0) is 17.8 Å². The van der Waals surface area contributed by atoms with E-state index >= 15 is 0 Å². The van der Waals surface area contributed by atoms with E-state index in [4.69, 9.17) is 4.74 Å². The van der Waals surface area contributed by atoms with E-state index in [0.29, 0.717) is 12.6 Å². The van der Waals surface area contributed by atoms with Gasteiger partial charge in [0.25, 0.3) is 0 Å². The first-order valence-corrected chi connectivity index (χ1v) is 10.5. The van der Waals surface area contributed by atoms with E-state index in [1.165, 1.54) is 11.6 Å². The summed E-state index contributed by atoms with van der Waals surface area (Å²) in [6, 6.07) is 17.5. The molecular formula is C23H29F2IN4O2. The maximum absolute atomic E-state index is 12.5. The Labute approximate surface area is 204 Å². The molecule has 0 aliphatic carbocycles. The van der Waals surface area contributed by atoms with Crippen molar-refractivity contribution in [2.75, 3.05) is 33.3 Å². The minimum atomic E-state index is -2.83. The number of likely N-dealkylation sites (tertiary alicyclic amines) is 1. The third-order valence-electron chi connectivity index (χ3n) is 5.73. The van der Waals surface area contributed by atoms with Gasteiger partial charge in [-0.05, 0) is 23.3 Å². The molecule has 2 aliphatic heterocycles. The predicted octanol–water partition coefficient (Wildman–Crippen LogP) is 3.57. The zero-order valence-electron chi connectivity index (χ0n) is 18.0. The average molecular weight is 558 g/mol. The molecule has 6 nitrogen and oxygen atoms in total. The molecule has 0 saturated carbocycles. The van der Waals surface area contributed by atoms with Crippen molar-refractivity contribution in [1.29, 1.82) is 0 Å². The fourth-order valence-electron chi connectivity index (χ4n) is 4.29. The number of alkyl halides is 2. The fourth-order valence-corrected chi connectivity index (χ4v) is 4.29. The smallest absolute Gasteiger partial charge is 0.387 e. The van der Waals surface area contributed by atoms with E-state index in [2.05, 4.69) is 49.1 Å². The summed E-state index contributed by atoms with van der Waals surface area (Å²) in [7, 11) is 1.75. The second-order valence-corrected chi connectivity index (χ2v) is 7.76. The van der Waals surface area contributed by atoms with E-state index in [1.807, 2.05) is 12.1 Å². The van der Waals surface area contributed by atoms with E-state index in [9.17, 15) is 8.78 Å². The molecule has 0 radical (unpaired) electrons. The Balaban J connectivity index is 0.00000289. The highest BCUT2D eigenvalue weighted by Gasteiger charge is 2.41. The van der Waals surface area contributed by atoms with Gasteiger partial charge >= 0.3 is 6.61 Å². The molecule has 2 aromatic carbocycles. The molecule has 174 valence electrons. The first kappa shape index (κ1) is 24.7. The number of ether oxygens (including phenoxy) is 2. The number of morpholine rings is 1. The quantitative estimate of drug-likeness (QED) is 0.334. The van der Waals surface area contributed by atoms with Crippen LogP contribution in [0.2, 0.25) is 0 Å². The standard InChI is InChI=1S/C23H28F2N4O2.HI/c1-26-23(27-13-18-8-5-9-19(12-18)31-22(24)25)29-15-20-21(16-29)30-11-10-28(20)14-17-6-3-2-4-7-17;/h2-9,12,20-22H,10-11,13-16H2,1H3,(H,26,27);1H. The number of guanidine groups is 1. The molecule has 2 unspecified atom stereocenters. The van der Waals surface area contributed by atoms with Crippen LogP contribution in [0.15, 0.2) is 59.6 Å². The second-order valence-electron chi connectivity index (χ2n) is 7.76. The van der Waals surface area contributed by atoms with Crippen molar-refractivity contribution < 1.29 is 18.3 Å². The summed E-state index contributed by atoms with van der Waals surface area (Å²) in [5.41, 5.74) is 2.15. The zero-order valence-corrected chi connectivity index (χ0v) is 20.3. The monoisotopic (exact) mass is 558 g/mol. The Bertz CT molecular complexity index is 887. The van der Waals surface area contributed by atoms with Crippen molar-refractivity contribution in [1.82, 2.24) is 15.1 Å². The number of halogens is 3. The van der Waals surface area contributed by atoms with Crippen LogP contribution >= 0.6 is 24.0 Å². The van der Waals surface area contributed by atoms with E-state index in [1.54, 1.807) is 19.2 Å². The third-order valence-corrected chi connectivity index (χ3v) is 5.73. The van der Waals surface area contributed by atoms with Gasteiger partial charge in [0.05, 0.1) is 18.8 Å². The summed E-state index contributed by atoms with van der Waals surface area (Å²) in [4.78, 5) is 9.12. The lowest BCUT2D eigenvalue weighted by Gasteiger charge is -2.36. The molecule has 0 aromatic heterocycles. The van der Waals surface area contributed by atoms with Gasteiger partial charge in [0.15, 0.2) is 5.96 Å². The minimum absolute atomic E-state index is 0. The van der Waals surface area contributed by atoms with Crippen molar-refractivity contribution in [2.24, 2.45) is 4.99 Å². The summed E-state index contributed by atoms with van der Waals surface area (Å²) >= 11 is 0. The first-order valence-electron chi connectivity index (χ1n) is 10.5. The van der Waals surface area contributed by atoms with Crippen LogP contribution in [0.5, 0.6) is 5.75 Å². The molecule has 0 bridgehead atoms. The van der Waals surface area contributed by atoms with Gasteiger partial charge in [0.1, 0.15) is 5.75 Å². The molecule has 0 spiro atoms. The summed E-state index contributed by atoms with van der Waals surface area (Å²) in [5.74, 6) is 0.930. The number of hydrogen-bond acceptors (Lipinski definition) is 4. The molecule has 2 aliphatic rings. The van der Waals surface area contributed by atoms with Crippen LogP contribution in [0.3, 0.4) is 0 Å². The second kappa shape index (κ2) is 11.8. The molecular weight excluding hydrogens is 529 g/mol. The van der Waals surface area contributed by atoms with Crippen molar-refractivity contribution in [3.05, 3.63) is 65.7 Å². The lowest BCUT2D eigenvalue weighted by Crippen LogP contribution is -2.50. The molecule has 2 aromatic rings. The molecule has 2 fully saturated rings. The Kier molecular flexibility index (Phi) is 9.06.